The molecule has 104 valence electrons. The van der Waals surface area contributed by atoms with Gasteiger partial charge in [-0.3, -0.25) is 9.36 Å². The Morgan fingerprint density at radius 2 is 2.15 bits per heavy atom. The summed E-state index contributed by atoms with van der Waals surface area (Å²) in [7, 11) is 0. The standard InChI is InChI=1S/C13H13N3O4/c17-11-9(5-2-6-14-11)16-8-4-1-3-7(12(18)19)10(8)15-13(16)20/h1,3-4,9H,2,5-6H2,(H,14,17)(H,15,20)(H,18,19). The van der Waals surface area contributed by atoms with E-state index in [-0.39, 0.29) is 17.0 Å². The summed E-state index contributed by atoms with van der Waals surface area (Å²) in [5, 5.41) is 11.9. The molecule has 3 rings (SSSR count). The first kappa shape index (κ1) is 12.5. The Kier molecular flexibility index (Phi) is 2.81. The van der Waals surface area contributed by atoms with Crippen LogP contribution in [-0.2, 0) is 4.79 Å². The zero-order valence-electron chi connectivity index (χ0n) is 10.5. The van der Waals surface area contributed by atoms with Gasteiger partial charge in [-0.15, -0.1) is 0 Å². The number of carbonyl (C=O) groups is 2. The summed E-state index contributed by atoms with van der Waals surface area (Å²) in [6.45, 7) is 0.604. The van der Waals surface area contributed by atoms with Gasteiger partial charge in [-0.2, -0.15) is 0 Å². The second-order valence-corrected chi connectivity index (χ2v) is 4.75. The van der Waals surface area contributed by atoms with Gasteiger partial charge in [0.25, 0.3) is 0 Å². The van der Waals surface area contributed by atoms with E-state index in [2.05, 4.69) is 10.3 Å². The molecule has 2 aromatic rings. The van der Waals surface area contributed by atoms with Gasteiger partial charge in [0, 0.05) is 6.54 Å². The third-order valence-corrected chi connectivity index (χ3v) is 3.55. The number of fused-ring (bicyclic) bond motifs is 1. The van der Waals surface area contributed by atoms with E-state index in [1.54, 1.807) is 12.1 Å². The minimum atomic E-state index is -1.11. The number of imidazole rings is 1. The van der Waals surface area contributed by atoms with Gasteiger partial charge < -0.3 is 15.4 Å². The fourth-order valence-electron chi connectivity index (χ4n) is 2.64. The number of para-hydroxylation sites is 1. The molecule has 1 aromatic heterocycles. The number of carbonyl (C=O) groups excluding carboxylic acids is 1. The zero-order valence-corrected chi connectivity index (χ0v) is 10.5. The molecule has 0 spiro atoms. The van der Waals surface area contributed by atoms with Gasteiger partial charge >= 0.3 is 11.7 Å². The van der Waals surface area contributed by atoms with Crippen LogP contribution in [0.1, 0.15) is 29.2 Å². The van der Waals surface area contributed by atoms with Crippen molar-refractivity contribution in [3.8, 4) is 0 Å². The minimum Gasteiger partial charge on any atom is -0.478 e. The number of amides is 1. The van der Waals surface area contributed by atoms with Crippen LogP contribution in [0, 0.1) is 0 Å². The fourth-order valence-corrected chi connectivity index (χ4v) is 2.64. The van der Waals surface area contributed by atoms with E-state index in [0.717, 1.165) is 6.42 Å². The second-order valence-electron chi connectivity index (χ2n) is 4.75. The Balaban J connectivity index is 2.24. The lowest BCUT2D eigenvalue weighted by atomic mass is 10.1. The van der Waals surface area contributed by atoms with Gasteiger partial charge in [-0.1, -0.05) is 6.07 Å². The van der Waals surface area contributed by atoms with E-state index in [0.29, 0.717) is 18.5 Å². The number of aromatic amines is 1. The highest BCUT2D eigenvalue weighted by atomic mass is 16.4. The molecular weight excluding hydrogens is 262 g/mol. The van der Waals surface area contributed by atoms with Gasteiger partial charge in [-0.25, -0.2) is 9.59 Å². The molecule has 1 fully saturated rings. The Bertz CT molecular complexity index is 759. The number of aromatic carboxylic acids is 1. The molecule has 3 N–H and O–H groups in total. The number of H-pyrrole nitrogens is 1. The predicted octanol–water partition coefficient (Wildman–Crippen LogP) is 0.479. The lowest BCUT2D eigenvalue weighted by Crippen LogP contribution is -2.40. The molecule has 7 heteroatoms. The van der Waals surface area contributed by atoms with Crippen molar-refractivity contribution in [2.24, 2.45) is 0 Å². The molecule has 20 heavy (non-hydrogen) atoms. The third kappa shape index (κ3) is 1.78. The maximum atomic E-state index is 12.1. The highest BCUT2D eigenvalue weighted by molar-refractivity contribution is 6.01. The molecule has 1 amide bonds. The number of rotatable bonds is 2. The SMILES string of the molecule is O=C(O)c1cccc2c1[nH]c(=O)n2C1CCCNC1=O. The molecule has 0 saturated carbocycles. The van der Waals surface area contributed by atoms with Crippen molar-refractivity contribution in [3.63, 3.8) is 0 Å². The van der Waals surface area contributed by atoms with E-state index < -0.39 is 17.7 Å². The first-order chi connectivity index (χ1) is 9.59. The number of nitrogens with zero attached hydrogens (tertiary/aromatic N) is 1. The van der Waals surface area contributed by atoms with Crippen LogP contribution in [0.2, 0.25) is 0 Å². The molecule has 7 nitrogen and oxygen atoms in total. The number of hydrogen-bond donors (Lipinski definition) is 3. The number of nitrogens with one attached hydrogen (secondary N) is 2. The van der Waals surface area contributed by atoms with E-state index in [9.17, 15) is 14.4 Å². The first-order valence-electron chi connectivity index (χ1n) is 6.34. The molecule has 1 unspecified atom stereocenters. The van der Waals surface area contributed by atoms with Crippen LogP contribution >= 0.6 is 0 Å². The van der Waals surface area contributed by atoms with Crippen molar-refractivity contribution >= 4 is 22.9 Å². The number of aromatic nitrogens is 2. The van der Waals surface area contributed by atoms with E-state index >= 15 is 0 Å². The molecule has 0 radical (unpaired) electrons. The fraction of sp³-hybridized carbons (Fsp3) is 0.308. The maximum Gasteiger partial charge on any atom is 0.337 e. The Morgan fingerprint density at radius 1 is 1.35 bits per heavy atom. The van der Waals surface area contributed by atoms with Crippen LogP contribution in [0.25, 0.3) is 11.0 Å². The summed E-state index contributed by atoms with van der Waals surface area (Å²) < 4.78 is 1.34. The van der Waals surface area contributed by atoms with Crippen molar-refractivity contribution < 1.29 is 14.7 Å². The zero-order chi connectivity index (χ0) is 14.3. The topological polar surface area (TPSA) is 104 Å². The summed E-state index contributed by atoms with van der Waals surface area (Å²) in [5.74, 6) is -1.32. The van der Waals surface area contributed by atoms with Gasteiger partial charge in [0.2, 0.25) is 5.91 Å². The summed E-state index contributed by atoms with van der Waals surface area (Å²) in [6, 6.07) is 4.04. The Hall–Kier alpha value is -2.57. The van der Waals surface area contributed by atoms with Crippen LogP contribution in [0.3, 0.4) is 0 Å². The van der Waals surface area contributed by atoms with Gasteiger partial charge in [-0.05, 0) is 25.0 Å². The molecule has 0 aliphatic carbocycles. The molecule has 2 heterocycles. The summed E-state index contributed by atoms with van der Waals surface area (Å²) in [6.07, 6.45) is 1.35. The molecule has 1 aliphatic rings. The summed E-state index contributed by atoms with van der Waals surface area (Å²) in [4.78, 5) is 37.7. The van der Waals surface area contributed by atoms with Gasteiger partial charge in [0.05, 0.1) is 16.6 Å². The largest absolute Gasteiger partial charge is 0.478 e. The highest BCUT2D eigenvalue weighted by Gasteiger charge is 2.27. The average molecular weight is 275 g/mol. The lowest BCUT2D eigenvalue weighted by Gasteiger charge is -2.22. The monoisotopic (exact) mass is 275 g/mol. The number of benzene rings is 1. The van der Waals surface area contributed by atoms with Crippen LogP contribution < -0.4 is 11.0 Å². The van der Waals surface area contributed by atoms with Crippen LogP contribution in [0.15, 0.2) is 23.0 Å². The highest BCUT2D eigenvalue weighted by Crippen LogP contribution is 2.23. The number of piperidine rings is 1. The maximum absolute atomic E-state index is 12.1. The number of carboxylic acid groups (broad SMARTS) is 1. The van der Waals surface area contributed by atoms with Crippen molar-refractivity contribution in [2.75, 3.05) is 6.54 Å². The summed E-state index contributed by atoms with van der Waals surface area (Å²) >= 11 is 0. The van der Waals surface area contributed by atoms with Crippen molar-refractivity contribution in [1.29, 1.82) is 0 Å². The van der Waals surface area contributed by atoms with Gasteiger partial charge in [0.15, 0.2) is 0 Å². The molecule has 0 bridgehead atoms. The Labute approximate surface area is 113 Å². The number of carboxylic acids is 1. The second kappa shape index (κ2) is 4.52. The van der Waals surface area contributed by atoms with Crippen LogP contribution in [-0.4, -0.2) is 33.1 Å². The average Bonchev–Trinajstić information content (AvgIpc) is 2.75. The van der Waals surface area contributed by atoms with Crippen molar-refractivity contribution in [3.05, 3.63) is 34.2 Å². The van der Waals surface area contributed by atoms with Gasteiger partial charge in [0.1, 0.15) is 6.04 Å². The molecule has 1 saturated heterocycles. The minimum absolute atomic E-state index is 0.0227. The summed E-state index contributed by atoms with van der Waals surface area (Å²) in [5.41, 5.74) is 0.255. The number of hydrogen-bond acceptors (Lipinski definition) is 3. The third-order valence-electron chi connectivity index (χ3n) is 3.55. The molecule has 1 atom stereocenters. The van der Waals surface area contributed by atoms with E-state index in [1.807, 2.05) is 0 Å². The van der Waals surface area contributed by atoms with Crippen molar-refractivity contribution in [2.45, 2.75) is 18.9 Å². The molecular formula is C13H13N3O4. The lowest BCUT2D eigenvalue weighted by molar-refractivity contribution is -0.125. The molecule has 1 aliphatic heterocycles. The first-order valence-corrected chi connectivity index (χ1v) is 6.34. The van der Waals surface area contributed by atoms with Crippen LogP contribution in [0.5, 0.6) is 0 Å². The normalized spacial score (nSPS) is 19.0. The smallest absolute Gasteiger partial charge is 0.337 e. The Morgan fingerprint density at radius 3 is 2.85 bits per heavy atom. The van der Waals surface area contributed by atoms with E-state index in [4.69, 9.17) is 5.11 Å². The van der Waals surface area contributed by atoms with Crippen molar-refractivity contribution in [1.82, 2.24) is 14.9 Å². The molecule has 1 aromatic carbocycles. The quantitative estimate of drug-likeness (QED) is 0.741. The van der Waals surface area contributed by atoms with Crippen LogP contribution in [0.4, 0.5) is 0 Å². The predicted molar refractivity (Wildman–Crippen MR) is 70.8 cm³/mol. The van der Waals surface area contributed by atoms with E-state index in [1.165, 1.54) is 10.6 Å².